The van der Waals surface area contributed by atoms with Gasteiger partial charge in [-0.3, -0.25) is 4.79 Å². The normalized spacial score (nSPS) is 10.3. The number of thiophene rings is 1. The number of rotatable bonds is 2. The van der Waals surface area contributed by atoms with Crippen LogP contribution in [-0.2, 0) is 4.79 Å². The van der Waals surface area contributed by atoms with Crippen molar-refractivity contribution in [2.75, 3.05) is 5.32 Å². The van der Waals surface area contributed by atoms with Crippen LogP contribution in [0, 0.1) is 13.8 Å². The molecule has 2 aromatic heterocycles. The molecule has 0 saturated carbocycles. The van der Waals surface area contributed by atoms with Crippen LogP contribution in [0.5, 0.6) is 0 Å². The van der Waals surface area contributed by atoms with Crippen molar-refractivity contribution in [2.45, 2.75) is 20.8 Å². The van der Waals surface area contributed by atoms with Gasteiger partial charge in [0.25, 0.3) is 0 Å². The fourth-order valence-corrected chi connectivity index (χ4v) is 2.47. The SMILES string of the molecule is CC(=O)Nc1ncc(-c2cc(C)cs2)cc1C. The highest BCUT2D eigenvalue weighted by Gasteiger charge is 2.06. The monoisotopic (exact) mass is 246 g/mol. The number of nitrogens with zero attached hydrogens (tertiary/aromatic N) is 1. The Morgan fingerprint density at radius 3 is 2.65 bits per heavy atom. The summed E-state index contributed by atoms with van der Waals surface area (Å²) in [7, 11) is 0. The van der Waals surface area contributed by atoms with E-state index in [-0.39, 0.29) is 5.91 Å². The number of aromatic nitrogens is 1. The molecule has 0 atom stereocenters. The minimum absolute atomic E-state index is 0.0969. The molecule has 88 valence electrons. The number of pyridine rings is 1. The summed E-state index contributed by atoms with van der Waals surface area (Å²) in [6.45, 7) is 5.51. The summed E-state index contributed by atoms with van der Waals surface area (Å²) in [5.41, 5.74) is 3.33. The van der Waals surface area contributed by atoms with Gasteiger partial charge in [0.15, 0.2) is 0 Å². The van der Waals surface area contributed by atoms with Crippen LogP contribution in [0.3, 0.4) is 0 Å². The first-order valence-corrected chi connectivity index (χ1v) is 6.24. The molecule has 0 unspecified atom stereocenters. The minimum atomic E-state index is -0.0969. The van der Waals surface area contributed by atoms with Crippen LogP contribution in [0.1, 0.15) is 18.1 Å². The second-order valence-corrected chi connectivity index (χ2v) is 4.97. The Balaban J connectivity index is 2.33. The first kappa shape index (κ1) is 11.8. The number of hydrogen-bond acceptors (Lipinski definition) is 3. The fraction of sp³-hybridized carbons (Fsp3) is 0.231. The molecule has 0 saturated heterocycles. The van der Waals surface area contributed by atoms with Gasteiger partial charge in [-0.25, -0.2) is 4.98 Å². The van der Waals surface area contributed by atoms with E-state index in [0.717, 1.165) is 11.1 Å². The number of carbonyl (C=O) groups excluding carboxylic acids is 1. The molecule has 0 spiro atoms. The summed E-state index contributed by atoms with van der Waals surface area (Å²) in [4.78, 5) is 16.5. The van der Waals surface area contributed by atoms with Crippen molar-refractivity contribution in [1.29, 1.82) is 0 Å². The number of amides is 1. The average Bonchev–Trinajstić information content (AvgIpc) is 2.67. The van der Waals surface area contributed by atoms with Crippen LogP contribution in [0.2, 0.25) is 0 Å². The van der Waals surface area contributed by atoms with E-state index in [1.165, 1.54) is 17.4 Å². The molecule has 2 rings (SSSR count). The molecule has 2 heterocycles. The van der Waals surface area contributed by atoms with Gasteiger partial charge in [0, 0.05) is 23.6 Å². The van der Waals surface area contributed by atoms with Crippen molar-refractivity contribution in [1.82, 2.24) is 4.98 Å². The Labute approximate surface area is 105 Å². The van der Waals surface area contributed by atoms with E-state index < -0.39 is 0 Å². The zero-order valence-corrected chi connectivity index (χ0v) is 10.9. The van der Waals surface area contributed by atoms with Gasteiger partial charge in [-0.2, -0.15) is 0 Å². The van der Waals surface area contributed by atoms with Gasteiger partial charge >= 0.3 is 0 Å². The molecular formula is C13H14N2OS. The van der Waals surface area contributed by atoms with Crippen molar-refractivity contribution in [3.63, 3.8) is 0 Å². The topological polar surface area (TPSA) is 42.0 Å². The van der Waals surface area contributed by atoms with Crippen LogP contribution in [0.25, 0.3) is 10.4 Å². The lowest BCUT2D eigenvalue weighted by Crippen LogP contribution is -2.08. The first-order valence-electron chi connectivity index (χ1n) is 5.36. The molecule has 3 nitrogen and oxygen atoms in total. The van der Waals surface area contributed by atoms with Crippen molar-refractivity contribution < 1.29 is 4.79 Å². The van der Waals surface area contributed by atoms with E-state index in [1.54, 1.807) is 17.5 Å². The number of carbonyl (C=O) groups is 1. The van der Waals surface area contributed by atoms with E-state index >= 15 is 0 Å². The highest BCUT2D eigenvalue weighted by atomic mass is 32.1. The van der Waals surface area contributed by atoms with Gasteiger partial charge in [0.1, 0.15) is 5.82 Å². The molecule has 1 N–H and O–H groups in total. The van der Waals surface area contributed by atoms with E-state index in [0.29, 0.717) is 5.82 Å². The molecule has 1 amide bonds. The largest absolute Gasteiger partial charge is 0.311 e. The predicted octanol–water partition coefficient (Wildman–Crippen LogP) is 3.39. The summed E-state index contributed by atoms with van der Waals surface area (Å²) >= 11 is 1.70. The third-order valence-corrected chi connectivity index (χ3v) is 3.48. The Morgan fingerprint density at radius 2 is 2.12 bits per heavy atom. The third-order valence-electron chi connectivity index (χ3n) is 2.39. The molecule has 0 fully saturated rings. The highest BCUT2D eigenvalue weighted by Crippen LogP contribution is 2.28. The fourth-order valence-electron chi connectivity index (χ4n) is 1.59. The standard InChI is InChI=1S/C13H14N2OS/c1-8-4-12(17-7-8)11-5-9(2)13(14-6-11)15-10(3)16/h4-7H,1-3H3,(H,14,15,16). The Morgan fingerprint density at radius 1 is 1.35 bits per heavy atom. The second kappa shape index (κ2) is 4.67. The number of anilines is 1. The van der Waals surface area contributed by atoms with Crippen LogP contribution in [-0.4, -0.2) is 10.9 Å². The van der Waals surface area contributed by atoms with Crippen molar-refractivity contribution >= 4 is 23.1 Å². The third kappa shape index (κ3) is 2.71. The van der Waals surface area contributed by atoms with Gasteiger partial charge in [-0.15, -0.1) is 11.3 Å². The molecule has 0 aliphatic rings. The summed E-state index contributed by atoms with van der Waals surface area (Å²) in [5.74, 6) is 0.537. The minimum Gasteiger partial charge on any atom is -0.311 e. The maximum Gasteiger partial charge on any atom is 0.222 e. The molecular weight excluding hydrogens is 232 g/mol. The molecule has 0 bridgehead atoms. The highest BCUT2D eigenvalue weighted by molar-refractivity contribution is 7.13. The molecule has 0 aliphatic heterocycles. The first-order chi connectivity index (χ1) is 8.06. The smallest absolute Gasteiger partial charge is 0.222 e. The van der Waals surface area contributed by atoms with Crippen molar-refractivity contribution in [3.8, 4) is 10.4 Å². The average molecular weight is 246 g/mol. The Hall–Kier alpha value is -1.68. The Bertz CT molecular complexity index is 560. The van der Waals surface area contributed by atoms with Crippen molar-refractivity contribution in [2.24, 2.45) is 0 Å². The van der Waals surface area contributed by atoms with E-state index in [1.807, 2.05) is 13.0 Å². The number of hydrogen-bond donors (Lipinski definition) is 1. The molecule has 0 aliphatic carbocycles. The predicted molar refractivity (Wildman–Crippen MR) is 71.3 cm³/mol. The summed E-state index contributed by atoms with van der Waals surface area (Å²) in [6.07, 6.45) is 1.80. The molecule has 2 aromatic rings. The summed E-state index contributed by atoms with van der Waals surface area (Å²) in [5, 5.41) is 4.83. The van der Waals surface area contributed by atoms with E-state index in [2.05, 4.69) is 28.7 Å². The summed E-state index contributed by atoms with van der Waals surface area (Å²) in [6, 6.07) is 4.18. The lowest BCUT2D eigenvalue weighted by molar-refractivity contribution is -0.114. The van der Waals surface area contributed by atoms with Crippen LogP contribution < -0.4 is 5.32 Å². The van der Waals surface area contributed by atoms with Gasteiger partial charge in [-0.1, -0.05) is 0 Å². The molecule has 0 radical (unpaired) electrons. The van der Waals surface area contributed by atoms with Gasteiger partial charge in [-0.05, 0) is 42.5 Å². The van der Waals surface area contributed by atoms with Crippen LogP contribution >= 0.6 is 11.3 Å². The number of aryl methyl sites for hydroxylation is 2. The van der Waals surface area contributed by atoms with E-state index in [4.69, 9.17) is 0 Å². The van der Waals surface area contributed by atoms with Gasteiger partial charge in [0.2, 0.25) is 5.91 Å². The second-order valence-electron chi connectivity index (χ2n) is 4.06. The number of nitrogens with one attached hydrogen (secondary N) is 1. The van der Waals surface area contributed by atoms with E-state index in [9.17, 15) is 4.79 Å². The van der Waals surface area contributed by atoms with Gasteiger partial charge in [0.05, 0.1) is 0 Å². The zero-order chi connectivity index (χ0) is 12.4. The molecule has 17 heavy (non-hydrogen) atoms. The molecule has 0 aromatic carbocycles. The van der Waals surface area contributed by atoms with Crippen molar-refractivity contribution in [3.05, 3.63) is 34.8 Å². The summed E-state index contributed by atoms with van der Waals surface area (Å²) < 4.78 is 0. The zero-order valence-electron chi connectivity index (χ0n) is 10.1. The lowest BCUT2D eigenvalue weighted by atomic mass is 10.1. The molecule has 4 heteroatoms. The Kier molecular flexibility index (Phi) is 3.24. The maximum atomic E-state index is 11.0. The van der Waals surface area contributed by atoms with Gasteiger partial charge < -0.3 is 5.32 Å². The van der Waals surface area contributed by atoms with Crippen LogP contribution in [0.15, 0.2) is 23.7 Å². The quantitative estimate of drug-likeness (QED) is 0.882. The maximum absolute atomic E-state index is 11.0. The van der Waals surface area contributed by atoms with Crippen LogP contribution in [0.4, 0.5) is 5.82 Å². The lowest BCUT2D eigenvalue weighted by Gasteiger charge is -2.06.